The average Bonchev–Trinajstić information content (AvgIpc) is 3.55. The van der Waals surface area contributed by atoms with Gasteiger partial charge in [0.2, 0.25) is 0 Å². The molecule has 4 aliphatic rings. The van der Waals surface area contributed by atoms with E-state index in [-0.39, 0.29) is 8.22 Å². The van der Waals surface area contributed by atoms with Crippen molar-refractivity contribution in [2.45, 2.75) is 52.5 Å². The van der Waals surface area contributed by atoms with E-state index in [9.17, 15) is 0 Å². The van der Waals surface area contributed by atoms with Crippen molar-refractivity contribution in [3.8, 4) is 0 Å². The van der Waals surface area contributed by atoms with E-state index >= 15 is 0 Å². The molecule has 5 nitrogen and oxygen atoms in total. The summed E-state index contributed by atoms with van der Waals surface area (Å²) in [7, 11) is -0.0590. The van der Waals surface area contributed by atoms with Crippen molar-refractivity contribution in [1.29, 1.82) is 0 Å². The Morgan fingerprint density at radius 2 is 1.63 bits per heavy atom. The van der Waals surface area contributed by atoms with Crippen LogP contribution in [0.5, 0.6) is 0 Å². The smallest absolute Gasteiger partial charge is 0.103 e. The molecule has 0 saturated carbocycles. The Hall–Kier alpha value is -0.220. The number of aliphatic imine (C=N–C) groups is 1. The molecule has 4 heterocycles. The van der Waals surface area contributed by atoms with Gasteiger partial charge in [-0.15, -0.1) is 0 Å². The average molecular weight is 394 g/mol. The highest BCUT2D eigenvalue weighted by atomic mass is 31.1. The highest BCUT2D eigenvalue weighted by Gasteiger charge is 2.41. The minimum Gasteiger partial charge on any atom is -0.356 e. The van der Waals surface area contributed by atoms with Crippen LogP contribution >= 0.6 is 8.22 Å². The van der Waals surface area contributed by atoms with Gasteiger partial charge in [0, 0.05) is 72.2 Å². The lowest BCUT2D eigenvalue weighted by Crippen LogP contribution is -2.50. The van der Waals surface area contributed by atoms with Crippen LogP contribution in [0.1, 0.15) is 46.5 Å². The summed E-state index contributed by atoms with van der Waals surface area (Å²) in [6, 6.07) is 0.650. The van der Waals surface area contributed by atoms with Gasteiger partial charge in [0.1, 0.15) is 5.84 Å². The van der Waals surface area contributed by atoms with Crippen LogP contribution in [-0.4, -0.2) is 96.1 Å². The summed E-state index contributed by atoms with van der Waals surface area (Å²) in [6.45, 7) is 18.6. The van der Waals surface area contributed by atoms with Gasteiger partial charge in [-0.2, -0.15) is 0 Å². The monoisotopic (exact) mass is 393 g/mol. The van der Waals surface area contributed by atoms with Gasteiger partial charge < -0.3 is 9.80 Å². The largest absolute Gasteiger partial charge is 0.356 e. The Morgan fingerprint density at radius 3 is 2.22 bits per heavy atom. The van der Waals surface area contributed by atoms with Gasteiger partial charge in [0.25, 0.3) is 0 Å². The molecule has 0 radical (unpaired) electrons. The minimum atomic E-state index is -0.0590. The summed E-state index contributed by atoms with van der Waals surface area (Å²) in [5.74, 6) is 2.76. The second-order valence-electron chi connectivity index (χ2n) is 9.29. The van der Waals surface area contributed by atoms with Crippen LogP contribution in [0.15, 0.2) is 4.99 Å². The molecular formula is C21H40N5P. The molecule has 2 unspecified atom stereocenters. The molecule has 0 aromatic heterocycles. The quantitative estimate of drug-likeness (QED) is 0.444. The Labute approximate surface area is 168 Å². The summed E-state index contributed by atoms with van der Waals surface area (Å²) in [5.41, 5.74) is 0. The van der Waals surface area contributed by atoms with Crippen LogP contribution in [-0.2, 0) is 0 Å². The highest BCUT2D eigenvalue weighted by Crippen LogP contribution is 2.54. The fraction of sp³-hybridized carbons (Fsp3) is 0.952. The normalized spacial score (nSPS) is 28.7. The van der Waals surface area contributed by atoms with Gasteiger partial charge in [0.15, 0.2) is 0 Å². The zero-order chi connectivity index (χ0) is 18.8. The Balaban J connectivity index is 1.43. The van der Waals surface area contributed by atoms with Gasteiger partial charge in [-0.05, 0) is 45.2 Å². The summed E-state index contributed by atoms with van der Waals surface area (Å²) < 4.78 is 5.45. The molecule has 0 amide bonds. The third-order valence-corrected chi connectivity index (χ3v) is 9.58. The topological polar surface area (TPSA) is 24.9 Å². The SMILES string of the molecule is CC(C)C(CP(N1CC1)N1CC1)C1=NCCC(C)N1CCN1CCCCC1. The standard InChI is InChI=1S/C21H40N5P/c1-18(2)20(17-27(24-12-13-24)25-14-15-25)21-22-8-7-19(3)26(21)16-11-23-9-5-4-6-10-23/h18-20H,4-17H2,1-3H3. The lowest BCUT2D eigenvalue weighted by molar-refractivity contribution is 0.188. The Kier molecular flexibility index (Phi) is 6.74. The lowest BCUT2D eigenvalue weighted by Gasteiger charge is -2.42. The molecule has 0 aromatic rings. The molecule has 4 rings (SSSR count). The molecule has 0 aliphatic carbocycles. The Morgan fingerprint density at radius 1 is 0.963 bits per heavy atom. The van der Waals surface area contributed by atoms with Crippen LogP contribution in [0.25, 0.3) is 0 Å². The van der Waals surface area contributed by atoms with Crippen LogP contribution in [0.2, 0.25) is 0 Å². The van der Waals surface area contributed by atoms with E-state index in [4.69, 9.17) is 4.99 Å². The first kappa shape index (κ1) is 20.1. The van der Waals surface area contributed by atoms with Crippen molar-refractivity contribution >= 4 is 14.1 Å². The summed E-state index contributed by atoms with van der Waals surface area (Å²) >= 11 is 0. The molecule has 2 atom stereocenters. The van der Waals surface area contributed by atoms with Crippen LogP contribution in [0.4, 0.5) is 0 Å². The zero-order valence-electron chi connectivity index (χ0n) is 17.8. The molecule has 0 spiro atoms. The molecule has 3 saturated heterocycles. The molecule has 154 valence electrons. The second-order valence-corrected chi connectivity index (χ2v) is 11.5. The highest BCUT2D eigenvalue weighted by molar-refractivity contribution is 7.53. The molecule has 0 bridgehead atoms. The van der Waals surface area contributed by atoms with E-state index in [1.807, 2.05) is 0 Å². The maximum atomic E-state index is 5.16. The second kappa shape index (κ2) is 9.07. The first-order valence-corrected chi connectivity index (χ1v) is 12.9. The van der Waals surface area contributed by atoms with E-state index in [0.717, 1.165) is 6.54 Å². The lowest BCUT2D eigenvalue weighted by atomic mass is 9.93. The fourth-order valence-electron chi connectivity index (χ4n) is 4.66. The van der Waals surface area contributed by atoms with Crippen LogP contribution in [0, 0.1) is 11.8 Å². The maximum Gasteiger partial charge on any atom is 0.103 e. The first-order valence-electron chi connectivity index (χ1n) is 11.4. The number of rotatable bonds is 9. The van der Waals surface area contributed by atoms with Crippen molar-refractivity contribution in [2.24, 2.45) is 16.8 Å². The van der Waals surface area contributed by atoms with E-state index in [0.29, 0.717) is 17.9 Å². The van der Waals surface area contributed by atoms with Gasteiger partial charge in [-0.25, -0.2) is 0 Å². The number of nitrogens with zero attached hydrogens (tertiary/aromatic N) is 5. The van der Waals surface area contributed by atoms with Crippen molar-refractivity contribution in [2.75, 3.05) is 65.1 Å². The van der Waals surface area contributed by atoms with Crippen LogP contribution < -0.4 is 0 Å². The van der Waals surface area contributed by atoms with Gasteiger partial charge in [-0.3, -0.25) is 14.3 Å². The molecule has 0 aromatic carbocycles. The minimum absolute atomic E-state index is 0.0590. The van der Waals surface area contributed by atoms with E-state index < -0.39 is 0 Å². The molecule has 27 heavy (non-hydrogen) atoms. The maximum absolute atomic E-state index is 5.16. The third-order valence-electron chi connectivity index (χ3n) is 6.75. The predicted octanol–water partition coefficient (Wildman–Crippen LogP) is 3.18. The molecule has 3 fully saturated rings. The summed E-state index contributed by atoms with van der Waals surface area (Å²) in [6.07, 6.45) is 6.76. The van der Waals surface area contributed by atoms with Crippen molar-refractivity contribution in [1.82, 2.24) is 19.1 Å². The zero-order valence-corrected chi connectivity index (χ0v) is 18.7. The number of likely N-dealkylation sites (tertiary alicyclic amines) is 1. The van der Waals surface area contributed by atoms with Crippen LogP contribution in [0.3, 0.4) is 0 Å². The molecule has 6 heteroatoms. The van der Waals surface area contributed by atoms with Crippen molar-refractivity contribution in [3.63, 3.8) is 0 Å². The number of hydrogen-bond acceptors (Lipinski definition) is 5. The van der Waals surface area contributed by atoms with Gasteiger partial charge in [-0.1, -0.05) is 20.3 Å². The predicted molar refractivity (Wildman–Crippen MR) is 117 cm³/mol. The molecular weight excluding hydrogens is 353 g/mol. The van der Waals surface area contributed by atoms with Crippen molar-refractivity contribution < 1.29 is 0 Å². The number of amidine groups is 1. The first-order chi connectivity index (χ1) is 13.1. The van der Waals surface area contributed by atoms with E-state index in [1.54, 1.807) is 0 Å². The van der Waals surface area contributed by atoms with Gasteiger partial charge >= 0.3 is 0 Å². The fourth-order valence-corrected chi connectivity index (χ4v) is 7.52. The van der Waals surface area contributed by atoms with E-state index in [2.05, 4.69) is 39.9 Å². The Bertz CT molecular complexity index is 499. The van der Waals surface area contributed by atoms with Crippen molar-refractivity contribution in [3.05, 3.63) is 0 Å². The molecule has 0 N–H and O–H groups in total. The van der Waals surface area contributed by atoms with E-state index in [1.165, 1.54) is 90.0 Å². The summed E-state index contributed by atoms with van der Waals surface area (Å²) in [5, 5.41) is 0. The molecule has 4 aliphatic heterocycles. The third kappa shape index (κ3) is 5.23. The summed E-state index contributed by atoms with van der Waals surface area (Å²) in [4.78, 5) is 10.6. The number of piperidine rings is 1. The number of hydrogen-bond donors (Lipinski definition) is 0. The van der Waals surface area contributed by atoms with Gasteiger partial charge in [0.05, 0.1) is 0 Å².